The Morgan fingerprint density at radius 2 is 2.31 bits per heavy atom. The number of aliphatic hydroxyl groups is 1. The molecule has 3 nitrogen and oxygen atoms in total. The van der Waals surface area contributed by atoms with Gasteiger partial charge in [0.2, 0.25) is 0 Å². The first-order valence-electron chi connectivity index (χ1n) is 4.49. The molecular formula is C10H17NO2. The highest BCUT2D eigenvalue weighted by molar-refractivity contribution is 5.14. The largest absolute Gasteiger partial charge is 0.469 e. The van der Waals surface area contributed by atoms with E-state index in [1.807, 2.05) is 20.0 Å². The molecule has 3 heteroatoms. The molecule has 0 amide bonds. The van der Waals surface area contributed by atoms with Crippen molar-refractivity contribution >= 4 is 0 Å². The third-order valence-electron chi connectivity index (χ3n) is 1.98. The molecule has 0 aromatic carbocycles. The summed E-state index contributed by atoms with van der Waals surface area (Å²) >= 11 is 0. The standard InChI is InChI=1S/C10H17NO2/c1-8(12)6-11(3)7-10-4-5-13-9(10)2/h4-5,8,12H,6-7H2,1-3H3. The van der Waals surface area contributed by atoms with Crippen LogP contribution in [-0.2, 0) is 6.54 Å². The van der Waals surface area contributed by atoms with Gasteiger partial charge in [0.25, 0.3) is 0 Å². The number of hydrogen-bond donors (Lipinski definition) is 1. The third kappa shape index (κ3) is 3.20. The van der Waals surface area contributed by atoms with Crippen LogP contribution in [0.3, 0.4) is 0 Å². The lowest BCUT2D eigenvalue weighted by atomic mass is 10.2. The summed E-state index contributed by atoms with van der Waals surface area (Å²) < 4.78 is 5.18. The summed E-state index contributed by atoms with van der Waals surface area (Å²) in [6, 6.07) is 1.97. The Balaban J connectivity index is 2.45. The number of rotatable bonds is 4. The molecule has 0 fully saturated rings. The Morgan fingerprint density at radius 3 is 2.77 bits per heavy atom. The van der Waals surface area contributed by atoms with Crippen LogP contribution >= 0.6 is 0 Å². The van der Waals surface area contributed by atoms with Crippen molar-refractivity contribution < 1.29 is 9.52 Å². The molecule has 1 heterocycles. The molecule has 1 aromatic heterocycles. The fourth-order valence-corrected chi connectivity index (χ4v) is 1.38. The molecule has 0 spiro atoms. The highest BCUT2D eigenvalue weighted by atomic mass is 16.3. The second kappa shape index (κ2) is 4.44. The number of aryl methyl sites for hydroxylation is 1. The van der Waals surface area contributed by atoms with Crippen molar-refractivity contribution in [2.45, 2.75) is 26.5 Å². The van der Waals surface area contributed by atoms with Crippen LogP contribution < -0.4 is 0 Å². The first-order chi connectivity index (χ1) is 6.09. The number of furan rings is 1. The molecule has 0 bridgehead atoms. The van der Waals surface area contributed by atoms with Crippen LogP contribution in [0.5, 0.6) is 0 Å². The number of likely N-dealkylation sites (N-methyl/N-ethyl adjacent to an activating group) is 1. The normalized spacial score (nSPS) is 13.6. The Morgan fingerprint density at radius 1 is 1.62 bits per heavy atom. The van der Waals surface area contributed by atoms with Gasteiger partial charge >= 0.3 is 0 Å². The van der Waals surface area contributed by atoms with Crippen LogP contribution in [0, 0.1) is 6.92 Å². The van der Waals surface area contributed by atoms with Crippen molar-refractivity contribution in [2.24, 2.45) is 0 Å². The lowest BCUT2D eigenvalue weighted by Gasteiger charge is -2.17. The van der Waals surface area contributed by atoms with E-state index in [9.17, 15) is 0 Å². The minimum absolute atomic E-state index is 0.280. The molecule has 1 unspecified atom stereocenters. The van der Waals surface area contributed by atoms with E-state index in [1.54, 1.807) is 13.2 Å². The Hall–Kier alpha value is -0.800. The molecule has 1 aromatic rings. The van der Waals surface area contributed by atoms with Gasteiger partial charge in [-0.2, -0.15) is 0 Å². The van der Waals surface area contributed by atoms with Crippen LogP contribution in [0.4, 0.5) is 0 Å². The van der Waals surface area contributed by atoms with Gasteiger partial charge < -0.3 is 9.52 Å². The second-order valence-corrected chi connectivity index (χ2v) is 3.55. The predicted octanol–water partition coefficient (Wildman–Crippen LogP) is 1.40. The second-order valence-electron chi connectivity index (χ2n) is 3.55. The average molecular weight is 183 g/mol. The van der Waals surface area contributed by atoms with Crippen LogP contribution in [0.25, 0.3) is 0 Å². The average Bonchev–Trinajstić information content (AvgIpc) is 2.34. The lowest BCUT2D eigenvalue weighted by Crippen LogP contribution is -2.26. The fourth-order valence-electron chi connectivity index (χ4n) is 1.38. The first-order valence-corrected chi connectivity index (χ1v) is 4.49. The molecule has 0 saturated carbocycles. The maximum atomic E-state index is 9.16. The summed E-state index contributed by atoms with van der Waals surface area (Å²) in [5, 5.41) is 9.16. The summed E-state index contributed by atoms with van der Waals surface area (Å²) in [5.41, 5.74) is 1.18. The van der Waals surface area contributed by atoms with E-state index in [2.05, 4.69) is 4.90 Å². The summed E-state index contributed by atoms with van der Waals surface area (Å²) in [5.74, 6) is 0.956. The monoisotopic (exact) mass is 183 g/mol. The van der Waals surface area contributed by atoms with Gasteiger partial charge in [-0.15, -0.1) is 0 Å². The smallest absolute Gasteiger partial charge is 0.105 e. The van der Waals surface area contributed by atoms with E-state index >= 15 is 0 Å². The van der Waals surface area contributed by atoms with Gasteiger partial charge in [0, 0.05) is 18.7 Å². The lowest BCUT2D eigenvalue weighted by molar-refractivity contribution is 0.138. The van der Waals surface area contributed by atoms with Gasteiger partial charge in [-0.25, -0.2) is 0 Å². The van der Waals surface area contributed by atoms with Crippen LogP contribution in [0.1, 0.15) is 18.2 Å². The molecule has 0 aliphatic rings. The van der Waals surface area contributed by atoms with Crippen molar-refractivity contribution in [3.05, 3.63) is 23.7 Å². The molecule has 0 aliphatic carbocycles. The molecule has 1 N–H and O–H groups in total. The molecule has 0 saturated heterocycles. The van der Waals surface area contributed by atoms with E-state index in [0.717, 1.165) is 12.3 Å². The number of nitrogens with zero attached hydrogens (tertiary/aromatic N) is 1. The highest BCUT2D eigenvalue weighted by Crippen LogP contribution is 2.10. The maximum absolute atomic E-state index is 9.16. The SMILES string of the molecule is Cc1occc1CN(C)CC(C)O. The van der Waals surface area contributed by atoms with Crippen molar-refractivity contribution in [3.8, 4) is 0 Å². The summed E-state index contributed by atoms with van der Waals surface area (Å²) in [6.45, 7) is 5.25. The van der Waals surface area contributed by atoms with E-state index in [1.165, 1.54) is 5.56 Å². The molecule has 1 atom stereocenters. The van der Waals surface area contributed by atoms with Gasteiger partial charge in [0.1, 0.15) is 5.76 Å². The Bertz CT molecular complexity index is 255. The van der Waals surface area contributed by atoms with Crippen molar-refractivity contribution in [1.82, 2.24) is 4.90 Å². The number of hydrogen-bond acceptors (Lipinski definition) is 3. The van der Waals surface area contributed by atoms with Crippen molar-refractivity contribution in [3.63, 3.8) is 0 Å². The molecule has 0 radical (unpaired) electrons. The third-order valence-corrected chi connectivity index (χ3v) is 1.98. The first kappa shape index (κ1) is 10.3. The Labute approximate surface area is 79.0 Å². The fraction of sp³-hybridized carbons (Fsp3) is 0.600. The van der Waals surface area contributed by atoms with Crippen LogP contribution in [-0.4, -0.2) is 29.7 Å². The van der Waals surface area contributed by atoms with E-state index < -0.39 is 0 Å². The van der Waals surface area contributed by atoms with Crippen molar-refractivity contribution in [1.29, 1.82) is 0 Å². The zero-order chi connectivity index (χ0) is 9.84. The van der Waals surface area contributed by atoms with Crippen molar-refractivity contribution in [2.75, 3.05) is 13.6 Å². The van der Waals surface area contributed by atoms with Crippen LogP contribution in [0.2, 0.25) is 0 Å². The van der Waals surface area contributed by atoms with Gasteiger partial charge in [-0.05, 0) is 27.0 Å². The summed E-state index contributed by atoms with van der Waals surface area (Å²) in [7, 11) is 1.99. The molecular weight excluding hydrogens is 166 g/mol. The zero-order valence-electron chi connectivity index (χ0n) is 8.45. The quantitative estimate of drug-likeness (QED) is 0.766. The molecule has 1 rings (SSSR count). The maximum Gasteiger partial charge on any atom is 0.105 e. The number of aliphatic hydroxyl groups excluding tert-OH is 1. The Kier molecular flexibility index (Phi) is 3.51. The highest BCUT2D eigenvalue weighted by Gasteiger charge is 2.06. The summed E-state index contributed by atoms with van der Waals surface area (Å²) in [6.07, 6.45) is 1.41. The van der Waals surface area contributed by atoms with E-state index in [0.29, 0.717) is 6.54 Å². The summed E-state index contributed by atoms with van der Waals surface area (Å²) in [4.78, 5) is 2.07. The van der Waals surface area contributed by atoms with E-state index in [-0.39, 0.29) is 6.10 Å². The van der Waals surface area contributed by atoms with Gasteiger partial charge in [-0.3, -0.25) is 4.90 Å². The van der Waals surface area contributed by atoms with Gasteiger partial charge in [0.15, 0.2) is 0 Å². The van der Waals surface area contributed by atoms with Gasteiger partial charge in [-0.1, -0.05) is 0 Å². The molecule has 13 heavy (non-hydrogen) atoms. The van der Waals surface area contributed by atoms with Gasteiger partial charge in [0.05, 0.1) is 12.4 Å². The zero-order valence-corrected chi connectivity index (χ0v) is 8.45. The minimum Gasteiger partial charge on any atom is -0.469 e. The van der Waals surface area contributed by atoms with Crippen LogP contribution in [0.15, 0.2) is 16.7 Å². The molecule has 0 aliphatic heterocycles. The minimum atomic E-state index is -0.280. The topological polar surface area (TPSA) is 36.6 Å². The molecule has 74 valence electrons. The predicted molar refractivity (Wildman–Crippen MR) is 51.5 cm³/mol. The van der Waals surface area contributed by atoms with E-state index in [4.69, 9.17) is 9.52 Å².